The zero-order chi connectivity index (χ0) is 16.9. The third-order valence-electron chi connectivity index (χ3n) is 4.13. The van der Waals surface area contributed by atoms with Gasteiger partial charge in [-0.2, -0.15) is 0 Å². The summed E-state index contributed by atoms with van der Waals surface area (Å²) in [6.07, 6.45) is 2.24. The highest BCUT2D eigenvalue weighted by Crippen LogP contribution is 2.24. The predicted octanol–water partition coefficient (Wildman–Crippen LogP) is 3.21. The van der Waals surface area contributed by atoms with Gasteiger partial charge in [0.05, 0.1) is 0 Å². The van der Waals surface area contributed by atoms with Crippen LogP contribution in [0.5, 0.6) is 0 Å². The fourth-order valence-corrected chi connectivity index (χ4v) is 2.79. The van der Waals surface area contributed by atoms with Crippen molar-refractivity contribution in [2.45, 2.75) is 39.2 Å². The summed E-state index contributed by atoms with van der Waals surface area (Å²) >= 11 is 0. The van der Waals surface area contributed by atoms with E-state index in [-0.39, 0.29) is 12.0 Å². The minimum Gasteiger partial charge on any atom is -0.368 e. The smallest absolute Gasteiger partial charge is 0.254 e. The van der Waals surface area contributed by atoms with Crippen molar-refractivity contribution in [2.24, 2.45) is 0 Å². The Bertz CT molecular complexity index is 709. The number of ether oxygens (including phenoxy) is 1. The van der Waals surface area contributed by atoms with Crippen molar-refractivity contribution in [3.05, 3.63) is 41.5 Å². The van der Waals surface area contributed by atoms with Crippen molar-refractivity contribution in [3.63, 3.8) is 0 Å². The second-order valence-corrected chi connectivity index (χ2v) is 5.88. The lowest BCUT2D eigenvalue weighted by molar-refractivity contribution is -0.124. The van der Waals surface area contributed by atoms with Gasteiger partial charge in [0.1, 0.15) is 6.10 Å². The van der Waals surface area contributed by atoms with Gasteiger partial charge >= 0.3 is 0 Å². The topological polar surface area (TPSA) is 76.1 Å². The number of para-hydroxylation sites is 1. The zero-order valence-electron chi connectivity index (χ0n) is 14.0. The van der Waals surface area contributed by atoms with Crippen LogP contribution in [-0.4, -0.2) is 28.8 Å². The molecule has 1 aliphatic heterocycles. The first-order chi connectivity index (χ1) is 11.7. The normalized spacial score (nSPS) is 16.8. The second-order valence-electron chi connectivity index (χ2n) is 5.88. The molecule has 24 heavy (non-hydrogen) atoms. The number of aromatic nitrogens is 2. The number of carbonyl (C=O) groups excluding carboxylic acids is 1. The average Bonchev–Trinajstić information content (AvgIpc) is 3.13. The summed E-state index contributed by atoms with van der Waals surface area (Å²) in [4.78, 5) is 12.0. The van der Waals surface area contributed by atoms with Crippen molar-refractivity contribution < 1.29 is 9.53 Å². The fraction of sp³-hybridized carbons (Fsp3) is 0.389. The molecule has 0 spiro atoms. The number of nitrogens with one attached hydrogen (secondary N) is 2. The lowest BCUT2D eigenvalue weighted by Gasteiger charge is -2.13. The number of rotatable bonds is 5. The van der Waals surface area contributed by atoms with Gasteiger partial charge in [0, 0.05) is 12.3 Å². The van der Waals surface area contributed by atoms with Crippen LogP contribution in [0.25, 0.3) is 0 Å². The summed E-state index contributed by atoms with van der Waals surface area (Å²) in [5, 5.41) is 14.3. The van der Waals surface area contributed by atoms with E-state index >= 15 is 0 Å². The first-order valence-electron chi connectivity index (χ1n) is 8.29. The second kappa shape index (κ2) is 7.40. The van der Waals surface area contributed by atoms with E-state index in [0.29, 0.717) is 18.2 Å². The van der Waals surface area contributed by atoms with Gasteiger partial charge in [-0.15, -0.1) is 10.2 Å². The molecule has 2 aromatic rings. The van der Waals surface area contributed by atoms with Gasteiger partial charge in [-0.3, -0.25) is 4.79 Å². The Morgan fingerprint density at radius 3 is 2.71 bits per heavy atom. The lowest BCUT2D eigenvalue weighted by Crippen LogP contribution is -2.27. The van der Waals surface area contributed by atoms with Crippen molar-refractivity contribution in [2.75, 3.05) is 17.2 Å². The lowest BCUT2D eigenvalue weighted by atomic mass is 10.1. The summed E-state index contributed by atoms with van der Waals surface area (Å²) in [6, 6.07) is 9.76. The van der Waals surface area contributed by atoms with Crippen LogP contribution in [0.15, 0.2) is 30.3 Å². The number of carbonyl (C=O) groups is 1. The highest BCUT2D eigenvalue weighted by molar-refractivity contribution is 5.93. The average molecular weight is 326 g/mol. The number of nitrogens with zero attached hydrogens (tertiary/aromatic N) is 2. The summed E-state index contributed by atoms with van der Waals surface area (Å²) in [5.74, 6) is 0.922. The highest BCUT2D eigenvalue weighted by atomic mass is 16.5. The van der Waals surface area contributed by atoms with E-state index in [1.54, 1.807) is 6.07 Å². The molecule has 0 aliphatic carbocycles. The number of hydrogen-bond acceptors (Lipinski definition) is 5. The highest BCUT2D eigenvalue weighted by Gasteiger charge is 2.23. The Labute approximate surface area is 141 Å². The van der Waals surface area contributed by atoms with Gasteiger partial charge < -0.3 is 15.4 Å². The number of anilines is 3. The first kappa shape index (κ1) is 16.4. The molecular formula is C18H22N4O2. The number of benzene rings is 1. The monoisotopic (exact) mass is 326 g/mol. The van der Waals surface area contributed by atoms with E-state index in [1.807, 2.05) is 6.07 Å². The summed E-state index contributed by atoms with van der Waals surface area (Å²) < 4.78 is 5.36. The van der Waals surface area contributed by atoms with Crippen molar-refractivity contribution in [3.8, 4) is 0 Å². The molecule has 2 N–H and O–H groups in total. The van der Waals surface area contributed by atoms with Gasteiger partial charge in [0.25, 0.3) is 5.91 Å². The fourth-order valence-electron chi connectivity index (χ4n) is 2.79. The van der Waals surface area contributed by atoms with E-state index in [2.05, 4.69) is 52.9 Å². The maximum absolute atomic E-state index is 12.0. The van der Waals surface area contributed by atoms with E-state index in [9.17, 15) is 4.79 Å². The van der Waals surface area contributed by atoms with Crippen LogP contribution < -0.4 is 10.6 Å². The van der Waals surface area contributed by atoms with Crippen LogP contribution in [0.2, 0.25) is 0 Å². The van der Waals surface area contributed by atoms with Crippen molar-refractivity contribution in [1.29, 1.82) is 0 Å². The molecule has 1 aromatic heterocycles. The van der Waals surface area contributed by atoms with Crippen LogP contribution in [0.3, 0.4) is 0 Å². The summed E-state index contributed by atoms with van der Waals surface area (Å²) in [6.45, 7) is 4.82. The molecule has 1 atom stereocenters. The molecule has 0 bridgehead atoms. The third kappa shape index (κ3) is 3.71. The van der Waals surface area contributed by atoms with Crippen LogP contribution in [-0.2, 0) is 16.0 Å². The standard InChI is InChI=1S/C18H22N4O2/c1-3-13-7-4-6-12(2)17(13)19-15-9-10-16(22-21-15)20-18(23)14-8-5-11-24-14/h4,6-7,9-10,14H,3,5,8,11H2,1-2H3,(H,19,21)(H,20,22,23). The zero-order valence-corrected chi connectivity index (χ0v) is 14.0. The van der Waals surface area contributed by atoms with E-state index in [1.165, 1.54) is 5.56 Å². The maximum atomic E-state index is 12.0. The Balaban J connectivity index is 1.68. The van der Waals surface area contributed by atoms with Gasteiger partial charge in [-0.05, 0) is 49.4 Å². The molecule has 1 amide bonds. The van der Waals surface area contributed by atoms with Gasteiger partial charge in [0.2, 0.25) is 0 Å². The van der Waals surface area contributed by atoms with Crippen molar-refractivity contribution >= 4 is 23.2 Å². The van der Waals surface area contributed by atoms with Crippen LogP contribution in [0.4, 0.5) is 17.3 Å². The number of amides is 1. The molecule has 126 valence electrons. The van der Waals surface area contributed by atoms with Gasteiger partial charge in [-0.1, -0.05) is 25.1 Å². The minimum absolute atomic E-state index is 0.158. The predicted molar refractivity (Wildman–Crippen MR) is 93.5 cm³/mol. The van der Waals surface area contributed by atoms with E-state index < -0.39 is 0 Å². The number of hydrogen-bond donors (Lipinski definition) is 2. The molecule has 1 unspecified atom stereocenters. The molecule has 1 aromatic carbocycles. The first-order valence-corrected chi connectivity index (χ1v) is 8.29. The SMILES string of the molecule is CCc1cccc(C)c1Nc1ccc(NC(=O)C2CCCO2)nn1. The molecule has 0 radical (unpaired) electrons. The molecule has 0 saturated carbocycles. The van der Waals surface area contributed by atoms with Crippen LogP contribution in [0, 0.1) is 6.92 Å². The number of aryl methyl sites for hydroxylation is 2. The molecule has 6 heteroatoms. The molecule has 3 rings (SSSR count). The van der Waals surface area contributed by atoms with Crippen molar-refractivity contribution in [1.82, 2.24) is 10.2 Å². The Morgan fingerprint density at radius 2 is 2.04 bits per heavy atom. The van der Waals surface area contributed by atoms with Crippen LogP contribution >= 0.6 is 0 Å². The maximum Gasteiger partial charge on any atom is 0.254 e. The molecular weight excluding hydrogens is 304 g/mol. The largest absolute Gasteiger partial charge is 0.368 e. The molecule has 6 nitrogen and oxygen atoms in total. The quantitative estimate of drug-likeness (QED) is 0.882. The summed E-state index contributed by atoms with van der Waals surface area (Å²) in [5.41, 5.74) is 3.45. The Hall–Kier alpha value is -2.47. The molecule has 1 saturated heterocycles. The minimum atomic E-state index is -0.372. The third-order valence-corrected chi connectivity index (χ3v) is 4.13. The van der Waals surface area contributed by atoms with Gasteiger partial charge in [0.15, 0.2) is 11.6 Å². The van der Waals surface area contributed by atoms with Gasteiger partial charge in [-0.25, -0.2) is 0 Å². The molecule has 2 heterocycles. The Morgan fingerprint density at radius 1 is 1.25 bits per heavy atom. The molecule has 1 aliphatic rings. The Kier molecular flexibility index (Phi) is 5.05. The van der Waals surface area contributed by atoms with E-state index in [4.69, 9.17) is 4.74 Å². The van der Waals surface area contributed by atoms with E-state index in [0.717, 1.165) is 30.5 Å². The molecule has 1 fully saturated rings. The summed E-state index contributed by atoms with van der Waals surface area (Å²) in [7, 11) is 0. The van der Waals surface area contributed by atoms with Crippen LogP contribution in [0.1, 0.15) is 30.9 Å².